The van der Waals surface area contributed by atoms with Gasteiger partial charge in [0, 0.05) is 16.7 Å². The second-order valence-electron chi connectivity index (χ2n) is 5.78. The van der Waals surface area contributed by atoms with Gasteiger partial charge in [0.1, 0.15) is 5.75 Å². The molecule has 3 aromatic rings. The van der Waals surface area contributed by atoms with Crippen molar-refractivity contribution in [1.82, 2.24) is 0 Å². The Kier molecular flexibility index (Phi) is 5.14. The van der Waals surface area contributed by atoms with E-state index >= 15 is 0 Å². The molecule has 9 heteroatoms. The molecule has 0 unspecified atom stereocenters. The number of benzene rings is 3. The number of halogens is 4. The fraction of sp³-hybridized carbons (Fsp3) is 0.0526. The molecule has 0 aliphatic heterocycles. The summed E-state index contributed by atoms with van der Waals surface area (Å²) in [4.78, 5) is -0.561. The third-order valence-corrected chi connectivity index (χ3v) is 5.08. The first-order valence-electron chi connectivity index (χ1n) is 7.79. The first-order valence-corrected chi connectivity index (χ1v) is 9.34. The van der Waals surface area contributed by atoms with Crippen LogP contribution < -0.4 is 9.88 Å². The van der Waals surface area contributed by atoms with Crippen molar-refractivity contribution in [2.45, 2.75) is 4.90 Å². The number of hydrogen-bond acceptors (Lipinski definition) is 3. The lowest BCUT2D eigenvalue weighted by Crippen LogP contribution is -2.14. The fourth-order valence-corrected chi connectivity index (χ4v) is 3.58. The van der Waals surface area contributed by atoms with Gasteiger partial charge >= 0.3 is 0 Å². The van der Waals surface area contributed by atoms with Crippen LogP contribution in [0.25, 0.3) is 22.3 Å². The molecule has 0 spiro atoms. The summed E-state index contributed by atoms with van der Waals surface area (Å²) in [7, 11) is -2.98. The Hall–Kier alpha value is -2.91. The van der Waals surface area contributed by atoms with Crippen LogP contribution in [-0.2, 0) is 10.0 Å². The molecule has 0 saturated carbocycles. The van der Waals surface area contributed by atoms with Gasteiger partial charge in [0.15, 0.2) is 23.3 Å². The van der Waals surface area contributed by atoms with E-state index in [1.54, 1.807) is 0 Å². The SMILES string of the molecule is COc1ccc(-c2c(F)c(F)c(F)c(F)c2-c2ccccc2S(N)(=O)=O)cc1. The Morgan fingerprint density at radius 2 is 1.32 bits per heavy atom. The van der Waals surface area contributed by atoms with E-state index in [0.29, 0.717) is 5.75 Å². The maximum Gasteiger partial charge on any atom is 0.238 e. The maximum absolute atomic E-state index is 14.7. The number of sulfonamides is 1. The van der Waals surface area contributed by atoms with Gasteiger partial charge in [0.2, 0.25) is 10.0 Å². The molecule has 0 amide bonds. The van der Waals surface area contributed by atoms with Crippen LogP contribution in [0.3, 0.4) is 0 Å². The molecule has 0 fully saturated rings. The van der Waals surface area contributed by atoms with Crippen LogP contribution in [0.1, 0.15) is 0 Å². The Morgan fingerprint density at radius 3 is 1.86 bits per heavy atom. The maximum atomic E-state index is 14.7. The average molecular weight is 411 g/mol. The molecule has 0 radical (unpaired) electrons. The van der Waals surface area contributed by atoms with Gasteiger partial charge in [-0.2, -0.15) is 0 Å². The van der Waals surface area contributed by atoms with Crippen molar-refractivity contribution in [2.24, 2.45) is 5.14 Å². The molecule has 0 saturated heterocycles. The van der Waals surface area contributed by atoms with Gasteiger partial charge in [-0.25, -0.2) is 31.1 Å². The lowest BCUT2D eigenvalue weighted by Gasteiger charge is -2.16. The molecular weight excluding hydrogens is 398 g/mol. The molecule has 3 rings (SSSR count). The molecule has 0 aliphatic carbocycles. The minimum atomic E-state index is -4.37. The van der Waals surface area contributed by atoms with Crippen LogP contribution in [0.4, 0.5) is 17.6 Å². The van der Waals surface area contributed by atoms with Crippen molar-refractivity contribution < 1.29 is 30.7 Å². The summed E-state index contributed by atoms with van der Waals surface area (Å²) in [5.74, 6) is -7.09. The van der Waals surface area contributed by atoms with Crippen molar-refractivity contribution in [2.75, 3.05) is 7.11 Å². The topological polar surface area (TPSA) is 69.4 Å². The zero-order chi connectivity index (χ0) is 20.6. The highest BCUT2D eigenvalue weighted by Crippen LogP contribution is 2.41. The average Bonchev–Trinajstić information content (AvgIpc) is 2.68. The minimum absolute atomic E-state index is 0.0182. The van der Waals surface area contributed by atoms with Gasteiger partial charge in [0.25, 0.3) is 0 Å². The third-order valence-electron chi connectivity index (χ3n) is 4.11. The fourth-order valence-electron chi connectivity index (χ4n) is 2.83. The number of primary sulfonamides is 1. The highest BCUT2D eigenvalue weighted by atomic mass is 32.2. The summed E-state index contributed by atoms with van der Waals surface area (Å²) in [6.07, 6.45) is 0. The molecule has 3 aromatic carbocycles. The number of nitrogens with two attached hydrogens (primary N) is 1. The van der Waals surface area contributed by atoms with Crippen LogP contribution in [0.2, 0.25) is 0 Å². The molecule has 28 heavy (non-hydrogen) atoms. The minimum Gasteiger partial charge on any atom is -0.497 e. The summed E-state index contributed by atoms with van der Waals surface area (Å²) >= 11 is 0. The normalized spacial score (nSPS) is 11.5. The second kappa shape index (κ2) is 7.25. The highest BCUT2D eigenvalue weighted by molar-refractivity contribution is 7.89. The number of hydrogen-bond donors (Lipinski definition) is 1. The monoisotopic (exact) mass is 411 g/mol. The van der Waals surface area contributed by atoms with Crippen molar-refractivity contribution in [3.8, 4) is 28.0 Å². The van der Waals surface area contributed by atoms with Gasteiger partial charge in [-0.15, -0.1) is 0 Å². The van der Waals surface area contributed by atoms with E-state index in [-0.39, 0.29) is 5.56 Å². The summed E-state index contributed by atoms with van der Waals surface area (Å²) in [5, 5.41) is 5.15. The predicted molar refractivity (Wildman–Crippen MR) is 95.1 cm³/mol. The lowest BCUT2D eigenvalue weighted by molar-refractivity contribution is 0.412. The molecular formula is C19H13F4NO3S. The molecule has 2 N–H and O–H groups in total. The van der Waals surface area contributed by atoms with Crippen LogP contribution in [0.15, 0.2) is 53.4 Å². The van der Waals surface area contributed by atoms with E-state index in [4.69, 9.17) is 9.88 Å². The van der Waals surface area contributed by atoms with Crippen LogP contribution in [-0.4, -0.2) is 15.5 Å². The van der Waals surface area contributed by atoms with Gasteiger partial charge in [-0.1, -0.05) is 30.3 Å². The lowest BCUT2D eigenvalue weighted by atomic mass is 9.93. The van der Waals surface area contributed by atoms with Crippen molar-refractivity contribution in [3.05, 3.63) is 71.8 Å². The smallest absolute Gasteiger partial charge is 0.238 e. The summed E-state index contributed by atoms with van der Waals surface area (Å²) < 4.78 is 86.1. The quantitative estimate of drug-likeness (QED) is 0.397. The molecule has 146 valence electrons. The summed E-state index contributed by atoms with van der Waals surface area (Å²) in [6.45, 7) is 0. The molecule has 0 bridgehead atoms. The first kappa shape index (κ1) is 19.8. The van der Waals surface area contributed by atoms with E-state index in [2.05, 4.69) is 0 Å². The number of ether oxygens (including phenoxy) is 1. The molecule has 0 heterocycles. The Morgan fingerprint density at radius 1 is 0.786 bits per heavy atom. The van der Waals surface area contributed by atoms with E-state index in [1.165, 1.54) is 43.5 Å². The van der Waals surface area contributed by atoms with Gasteiger partial charge in [-0.05, 0) is 23.8 Å². The molecule has 0 aromatic heterocycles. The van der Waals surface area contributed by atoms with Crippen molar-refractivity contribution in [3.63, 3.8) is 0 Å². The molecule has 0 aliphatic rings. The van der Waals surface area contributed by atoms with Crippen molar-refractivity contribution in [1.29, 1.82) is 0 Å². The predicted octanol–water partition coefficient (Wildman–Crippen LogP) is 4.23. The Bertz CT molecular complexity index is 1160. The van der Waals surface area contributed by atoms with E-state index < -0.39 is 54.9 Å². The van der Waals surface area contributed by atoms with E-state index in [0.717, 1.165) is 12.1 Å². The van der Waals surface area contributed by atoms with Crippen molar-refractivity contribution >= 4 is 10.0 Å². The Labute approximate surface area is 158 Å². The second-order valence-corrected chi connectivity index (χ2v) is 7.31. The zero-order valence-corrected chi connectivity index (χ0v) is 15.2. The standard InChI is InChI=1S/C19H13F4NO3S/c1-27-11-8-6-10(7-9-11)14-15(17(21)19(23)18(22)16(14)20)12-4-2-3-5-13(12)28(24,25)26/h2-9H,1H3,(H2,24,25,26). The first-order chi connectivity index (χ1) is 13.2. The van der Waals surface area contributed by atoms with Gasteiger partial charge in [-0.3, -0.25) is 0 Å². The van der Waals surface area contributed by atoms with Gasteiger partial charge < -0.3 is 4.74 Å². The number of rotatable bonds is 4. The molecule has 0 atom stereocenters. The summed E-state index contributed by atoms with van der Waals surface area (Å²) in [6, 6.07) is 10.2. The summed E-state index contributed by atoms with van der Waals surface area (Å²) in [5.41, 5.74) is -1.82. The van der Waals surface area contributed by atoms with Crippen LogP contribution in [0.5, 0.6) is 5.75 Å². The zero-order valence-electron chi connectivity index (χ0n) is 14.3. The number of methoxy groups -OCH3 is 1. The van der Waals surface area contributed by atoms with Gasteiger partial charge in [0.05, 0.1) is 12.0 Å². The van der Waals surface area contributed by atoms with Crippen LogP contribution >= 0.6 is 0 Å². The largest absolute Gasteiger partial charge is 0.497 e. The Balaban J connectivity index is 2.46. The third kappa shape index (κ3) is 3.34. The molecule has 4 nitrogen and oxygen atoms in total. The van der Waals surface area contributed by atoms with Crippen LogP contribution in [0, 0.1) is 23.3 Å². The highest BCUT2D eigenvalue weighted by Gasteiger charge is 2.29. The van der Waals surface area contributed by atoms with E-state index in [9.17, 15) is 26.0 Å². The van der Waals surface area contributed by atoms with E-state index in [1.807, 2.05) is 0 Å².